The van der Waals surface area contributed by atoms with Gasteiger partial charge in [-0.2, -0.15) is 0 Å². The van der Waals surface area contributed by atoms with E-state index in [1.54, 1.807) is 24.3 Å². The average molecular weight is 404 g/mol. The lowest BCUT2D eigenvalue weighted by molar-refractivity contribution is -0.128. The Hall–Kier alpha value is -2.74. The minimum atomic E-state index is -3.54. The number of ether oxygens (including phenoxy) is 2. The lowest BCUT2D eigenvalue weighted by Crippen LogP contribution is -2.52. The summed E-state index contributed by atoms with van der Waals surface area (Å²) in [6, 6.07) is 14.1. The van der Waals surface area contributed by atoms with Gasteiger partial charge in [0.1, 0.15) is 18.1 Å². The van der Waals surface area contributed by atoms with Gasteiger partial charge in [0, 0.05) is 0 Å². The molecule has 2 aromatic carbocycles. The molecule has 0 fully saturated rings. The molecular formula is C20H24N2O5S. The largest absolute Gasteiger partial charge is 0.491 e. The molecule has 3 rings (SSSR count). The number of benzene rings is 2. The molecule has 0 saturated heterocycles. The molecule has 2 atom stereocenters. The maximum absolute atomic E-state index is 12.7. The fourth-order valence-electron chi connectivity index (χ4n) is 2.96. The number of carbonyl (C=O) groups is 1. The summed E-state index contributed by atoms with van der Waals surface area (Å²) in [5, 5.41) is 2.83. The number of sulfonamides is 1. The van der Waals surface area contributed by atoms with Crippen molar-refractivity contribution in [1.82, 2.24) is 5.32 Å². The molecule has 0 bridgehead atoms. The molecule has 0 unspecified atom stereocenters. The number of para-hydroxylation sites is 3. The highest BCUT2D eigenvalue weighted by molar-refractivity contribution is 7.92. The van der Waals surface area contributed by atoms with Gasteiger partial charge in [0.15, 0.2) is 6.10 Å². The van der Waals surface area contributed by atoms with E-state index in [0.717, 1.165) is 17.6 Å². The van der Waals surface area contributed by atoms with Crippen LogP contribution in [0.25, 0.3) is 0 Å². The second kappa shape index (κ2) is 8.10. The zero-order valence-corrected chi connectivity index (χ0v) is 16.9. The van der Waals surface area contributed by atoms with Crippen LogP contribution in [0.1, 0.15) is 12.5 Å². The van der Waals surface area contributed by atoms with E-state index in [4.69, 9.17) is 9.47 Å². The molecule has 0 radical (unpaired) electrons. The molecule has 1 amide bonds. The average Bonchev–Trinajstić information content (AvgIpc) is 2.65. The molecule has 1 heterocycles. The Kier molecular flexibility index (Phi) is 5.79. The van der Waals surface area contributed by atoms with E-state index in [1.807, 2.05) is 38.1 Å². The summed E-state index contributed by atoms with van der Waals surface area (Å²) in [6.45, 7) is 3.98. The zero-order valence-electron chi connectivity index (χ0n) is 16.1. The van der Waals surface area contributed by atoms with Crippen molar-refractivity contribution in [2.24, 2.45) is 0 Å². The van der Waals surface area contributed by atoms with E-state index in [9.17, 15) is 13.2 Å². The third-order valence-electron chi connectivity index (χ3n) is 4.40. The van der Waals surface area contributed by atoms with E-state index < -0.39 is 16.1 Å². The SMILES string of the molecule is Cc1ccccc1OC[C@H](C)NC(=O)[C@@H]1CN(S(C)(=O)=O)c2ccccc2O1. The lowest BCUT2D eigenvalue weighted by Gasteiger charge is -2.34. The number of fused-ring (bicyclic) bond motifs is 1. The summed E-state index contributed by atoms with van der Waals surface area (Å²) >= 11 is 0. The van der Waals surface area contributed by atoms with Crippen molar-refractivity contribution in [2.45, 2.75) is 26.0 Å². The molecule has 0 aromatic heterocycles. The number of aryl methyl sites for hydroxylation is 1. The summed E-state index contributed by atoms with van der Waals surface area (Å²) in [5.41, 5.74) is 1.45. The quantitative estimate of drug-likeness (QED) is 0.797. The Balaban J connectivity index is 1.65. The van der Waals surface area contributed by atoms with Crippen LogP contribution in [0.3, 0.4) is 0 Å². The molecule has 7 nitrogen and oxygen atoms in total. The van der Waals surface area contributed by atoms with Gasteiger partial charge in [-0.15, -0.1) is 0 Å². The van der Waals surface area contributed by atoms with Crippen molar-refractivity contribution in [1.29, 1.82) is 0 Å². The van der Waals surface area contributed by atoms with Crippen molar-refractivity contribution in [2.75, 3.05) is 23.7 Å². The molecular weight excluding hydrogens is 380 g/mol. The van der Waals surface area contributed by atoms with Gasteiger partial charge in [-0.05, 0) is 37.6 Å². The number of nitrogens with one attached hydrogen (secondary N) is 1. The third-order valence-corrected chi connectivity index (χ3v) is 5.55. The van der Waals surface area contributed by atoms with Crippen LogP contribution in [0.2, 0.25) is 0 Å². The Bertz CT molecular complexity index is 961. The normalized spacial score (nSPS) is 17.2. The van der Waals surface area contributed by atoms with Gasteiger partial charge < -0.3 is 14.8 Å². The summed E-state index contributed by atoms with van der Waals surface area (Å²) in [5.74, 6) is 0.738. The van der Waals surface area contributed by atoms with Gasteiger partial charge in [0.25, 0.3) is 5.91 Å². The van der Waals surface area contributed by atoms with E-state index in [2.05, 4.69) is 5.32 Å². The summed E-state index contributed by atoms with van der Waals surface area (Å²) in [4.78, 5) is 12.7. The summed E-state index contributed by atoms with van der Waals surface area (Å²) in [7, 11) is -3.54. The van der Waals surface area contributed by atoms with Gasteiger partial charge in [-0.1, -0.05) is 30.3 Å². The van der Waals surface area contributed by atoms with E-state index in [0.29, 0.717) is 11.4 Å². The molecule has 150 valence electrons. The molecule has 0 spiro atoms. The van der Waals surface area contributed by atoms with Crippen molar-refractivity contribution in [3.05, 3.63) is 54.1 Å². The third kappa shape index (κ3) is 4.56. The smallest absolute Gasteiger partial charge is 0.263 e. The Morgan fingerprint density at radius 2 is 1.93 bits per heavy atom. The van der Waals surface area contributed by atoms with Crippen LogP contribution in [-0.2, 0) is 14.8 Å². The van der Waals surface area contributed by atoms with E-state index >= 15 is 0 Å². The van der Waals surface area contributed by atoms with Crippen molar-refractivity contribution >= 4 is 21.6 Å². The van der Waals surface area contributed by atoms with Crippen LogP contribution in [-0.4, -0.2) is 45.9 Å². The van der Waals surface area contributed by atoms with Crippen LogP contribution < -0.4 is 19.1 Å². The Morgan fingerprint density at radius 3 is 2.64 bits per heavy atom. The fraction of sp³-hybridized carbons (Fsp3) is 0.350. The monoisotopic (exact) mass is 404 g/mol. The molecule has 1 aliphatic rings. The van der Waals surface area contributed by atoms with Crippen LogP contribution in [0.4, 0.5) is 5.69 Å². The highest BCUT2D eigenvalue weighted by Gasteiger charge is 2.35. The van der Waals surface area contributed by atoms with Gasteiger partial charge in [0.05, 0.1) is 24.5 Å². The fourth-order valence-corrected chi connectivity index (χ4v) is 3.88. The van der Waals surface area contributed by atoms with Gasteiger partial charge >= 0.3 is 0 Å². The van der Waals surface area contributed by atoms with E-state index in [-0.39, 0.29) is 25.1 Å². The molecule has 2 aromatic rings. The highest BCUT2D eigenvalue weighted by atomic mass is 32.2. The first-order valence-electron chi connectivity index (χ1n) is 8.98. The Morgan fingerprint density at radius 1 is 1.25 bits per heavy atom. The van der Waals surface area contributed by atoms with Crippen LogP contribution in [0.5, 0.6) is 11.5 Å². The first-order valence-corrected chi connectivity index (χ1v) is 10.8. The highest BCUT2D eigenvalue weighted by Crippen LogP contribution is 2.34. The van der Waals surface area contributed by atoms with Crippen LogP contribution >= 0.6 is 0 Å². The standard InChI is InChI=1S/C20H24N2O5S/c1-14-8-4-6-10-17(14)26-13-15(2)21-20(23)19-12-22(28(3,24)25)16-9-5-7-11-18(16)27-19/h4-11,15,19H,12-13H2,1-3H3,(H,21,23)/t15-,19-/m0/s1. The molecule has 28 heavy (non-hydrogen) atoms. The predicted molar refractivity (Wildman–Crippen MR) is 107 cm³/mol. The van der Waals surface area contributed by atoms with Gasteiger partial charge in [0.2, 0.25) is 10.0 Å². The van der Waals surface area contributed by atoms with Crippen molar-refractivity contribution in [3.63, 3.8) is 0 Å². The van der Waals surface area contributed by atoms with Gasteiger partial charge in [-0.3, -0.25) is 9.10 Å². The summed E-state index contributed by atoms with van der Waals surface area (Å²) in [6.07, 6.45) is 0.174. The maximum Gasteiger partial charge on any atom is 0.263 e. The number of amides is 1. The second-order valence-electron chi connectivity index (χ2n) is 6.85. The topological polar surface area (TPSA) is 84.9 Å². The molecule has 8 heteroatoms. The minimum absolute atomic E-state index is 0.0763. The number of anilines is 1. The lowest BCUT2D eigenvalue weighted by atomic mass is 10.2. The number of hydrogen-bond acceptors (Lipinski definition) is 5. The molecule has 0 saturated carbocycles. The first kappa shape index (κ1) is 20.0. The van der Waals surface area contributed by atoms with E-state index in [1.165, 1.54) is 4.31 Å². The van der Waals surface area contributed by atoms with Crippen molar-refractivity contribution in [3.8, 4) is 11.5 Å². The molecule has 0 aliphatic carbocycles. The number of hydrogen-bond donors (Lipinski definition) is 1. The molecule has 1 N–H and O–H groups in total. The van der Waals surface area contributed by atoms with Crippen LogP contribution in [0.15, 0.2) is 48.5 Å². The number of carbonyl (C=O) groups excluding carboxylic acids is 1. The predicted octanol–water partition coefficient (Wildman–Crippen LogP) is 2.11. The zero-order chi connectivity index (χ0) is 20.3. The molecule has 1 aliphatic heterocycles. The second-order valence-corrected chi connectivity index (χ2v) is 8.76. The Labute approximate surface area is 165 Å². The van der Waals surface area contributed by atoms with Gasteiger partial charge in [-0.25, -0.2) is 8.42 Å². The first-order chi connectivity index (χ1) is 13.3. The van der Waals surface area contributed by atoms with Crippen molar-refractivity contribution < 1.29 is 22.7 Å². The summed E-state index contributed by atoms with van der Waals surface area (Å²) < 4.78 is 37.0. The number of nitrogens with zero attached hydrogens (tertiary/aromatic N) is 1. The number of rotatable bonds is 6. The maximum atomic E-state index is 12.7. The minimum Gasteiger partial charge on any atom is -0.491 e. The van der Waals surface area contributed by atoms with Crippen LogP contribution in [0, 0.1) is 6.92 Å².